The average Bonchev–Trinajstić information content (AvgIpc) is 1.63. The van der Waals surface area contributed by atoms with Gasteiger partial charge in [0.15, 0.2) is 9.04 Å². The second kappa shape index (κ2) is 3.21. The molecular weight excluding hydrogens is 144 g/mol. The summed E-state index contributed by atoms with van der Waals surface area (Å²) >= 11 is 0. The minimum Gasteiger partial charge on any atom is -0.447 e. The van der Waals surface area contributed by atoms with Crippen LogP contribution in [-0.2, 0) is 4.12 Å². The molecule has 0 heterocycles. The maximum absolute atomic E-state index is 5.59. The molecule has 51 valence electrons. The third-order valence-corrected chi connectivity index (χ3v) is 5.18. The van der Waals surface area contributed by atoms with Crippen LogP contribution in [0.5, 0.6) is 0 Å². The molecule has 0 bridgehead atoms. The molecule has 1 nitrogen and oxygen atoms in total. The van der Waals surface area contributed by atoms with Gasteiger partial charge in [0, 0.05) is 0 Å². The van der Waals surface area contributed by atoms with Gasteiger partial charge in [-0.15, -0.1) is 12.0 Å². The molecule has 0 saturated carbocycles. The van der Waals surface area contributed by atoms with Gasteiger partial charge in [0.2, 0.25) is 0 Å². The van der Waals surface area contributed by atoms with E-state index < -0.39 is 17.4 Å². The lowest BCUT2D eigenvalue weighted by Gasteiger charge is -2.17. The molecule has 0 aliphatic carbocycles. The Hall–Kier alpha value is -0.0462. The maximum atomic E-state index is 5.59. The molecule has 0 spiro atoms. The zero-order valence-corrected chi connectivity index (χ0v) is 8.49. The molecule has 3 heteroatoms. The van der Waals surface area contributed by atoms with Crippen molar-refractivity contribution in [2.24, 2.45) is 0 Å². The SMILES string of the molecule is C#C[Si](C)(C)O[Si](C)C. The van der Waals surface area contributed by atoms with Gasteiger partial charge in [-0.1, -0.05) is 0 Å². The maximum Gasteiger partial charge on any atom is 0.255 e. The molecule has 1 radical (unpaired) electrons. The van der Waals surface area contributed by atoms with Gasteiger partial charge >= 0.3 is 0 Å². The Morgan fingerprint density at radius 3 is 2.00 bits per heavy atom. The molecule has 0 aromatic carbocycles. The van der Waals surface area contributed by atoms with Crippen molar-refractivity contribution in [3.05, 3.63) is 0 Å². The van der Waals surface area contributed by atoms with Crippen molar-refractivity contribution in [2.75, 3.05) is 0 Å². The Morgan fingerprint density at radius 2 is 1.89 bits per heavy atom. The number of hydrogen-bond donors (Lipinski definition) is 0. The Morgan fingerprint density at radius 1 is 1.44 bits per heavy atom. The van der Waals surface area contributed by atoms with E-state index in [-0.39, 0.29) is 0 Å². The van der Waals surface area contributed by atoms with E-state index in [2.05, 4.69) is 18.6 Å². The van der Waals surface area contributed by atoms with Crippen LogP contribution in [0.4, 0.5) is 0 Å². The summed E-state index contributed by atoms with van der Waals surface area (Å²) in [4.78, 5) is 0. The molecule has 0 aromatic rings. The van der Waals surface area contributed by atoms with Crippen LogP contribution in [-0.4, -0.2) is 17.4 Å². The van der Waals surface area contributed by atoms with Gasteiger partial charge < -0.3 is 4.12 Å². The van der Waals surface area contributed by atoms with Crippen molar-refractivity contribution < 1.29 is 4.12 Å². The van der Waals surface area contributed by atoms with E-state index >= 15 is 0 Å². The predicted octanol–water partition coefficient (Wildman–Crippen LogP) is 1.63. The highest BCUT2D eigenvalue weighted by molar-refractivity contribution is 6.84. The molecular formula is C6H13OSi2. The zero-order chi connectivity index (χ0) is 7.49. The predicted molar refractivity (Wildman–Crippen MR) is 44.9 cm³/mol. The lowest BCUT2D eigenvalue weighted by molar-refractivity contribution is 0.592. The third kappa shape index (κ3) is 4.46. The van der Waals surface area contributed by atoms with Crippen LogP contribution in [0.15, 0.2) is 0 Å². The fourth-order valence-corrected chi connectivity index (χ4v) is 4.86. The van der Waals surface area contributed by atoms with E-state index in [9.17, 15) is 0 Å². The zero-order valence-electron chi connectivity index (χ0n) is 6.49. The van der Waals surface area contributed by atoms with Gasteiger partial charge in [0.25, 0.3) is 8.32 Å². The Kier molecular flexibility index (Phi) is 3.19. The Balaban J connectivity index is 3.76. The molecule has 0 amide bonds. The van der Waals surface area contributed by atoms with Gasteiger partial charge in [-0.25, -0.2) is 0 Å². The highest BCUT2D eigenvalue weighted by atomic mass is 28.4. The lowest BCUT2D eigenvalue weighted by Crippen LogP contribution is -2.33. The first-order valence-corrected chi connectivity index (χ1v) is 8.26. The van der Waals surface area contributed by atoms with E-state index in [0.29, 0.717) is 0 Å². The van der Waals surface area contributed by atoms with Crippen LogP contribution < -0.4 is 0 Å². The highest BCUT2D eigenvalue weighted by Gasteiger charge is 2.20. The third-order valence-electron chi connectivity index (χ3n) is 0.807. The standard InChI is InChI=1S/C6H13OSi2/c1-6-9(4,5)7-8(2)3/h1H,2-5H3. The van der Waals surface area contributed by atoms with Gasteiger partial charge in [-0.2, -0.15) is 0 Å². The fraction of sp³-hybridized carbons (Fsp3) is 0.667. The summed E-state index contributed by atoms with van der Waals surface area (Å²) in [5.41, 5.74) is 2.71. The summed E-state index contributed by atoms with van der Waals surface area (Å²) < 4.78 is 5.59. The van der Waals surface area contributed by atoms with Gasteiger partial charge in [-0.3, -0.25) is 0 Å². The topological polar surface area (TPSA) is 9.23 Å². The number of hydrogen-bond acceptors (Lipinski definition) is 1. The molecule has 0 saturated heterocycles. The smallest absolute Gasteiger partial charge is 0.255 e. The van der Waals surface area contributed by atoms with E-state index in [1.54, 1.807) is 0 Å². The Bertz CT molecular complexity index is 124. The van der Waals surface area contributed by atoms with Crippen molar-refractivity contribution in [1.82, 2.24) is 0 Å². The minimum atomic E-state index is -1.67. The summed E-state index contributed by atoms with van der Waals surface area (Å²) in [6.45, 7) is 8.31. The van der Waals surface area contributed by atoms with Crippen molar-refractivity contribution >= 4 is 17.4 Å². The quantitative estimate of drug-likeness (QED) is 0.437. The van der Waals surface area contributed by atoms with E-state index in [0.717, 1.165) is 0 Å². The van der Waals surface area contributed by atoms with Gasteiger partial charge in [0.05, 0.1) is 0 Å². The van der Waals surface area contributed by atoms with Crippen LogP contribution in [0.1, 0.15) is 0 Å². The number of rotatable bonds is 2. The first-order chi connectivity index (χ1) is 3.98. The first kappa shape index (κ1) is 8.95. The molecule has 0 aliphatic rings. The van der Waals surface area contributed by atoms with Gasteiger partial charge in [0.1, 0.15) is 0 Å². The first-order valence-electron chi connectivity index (χ1n) is 2.95. The Labute approximate surface area is 60.3 Å². The van der Waals surface area contributed by atoms with Crippen LogP contribution in [0, 0.1) is 12.0 Å². The molecule has 0 atom stereocenters. The average molecular weight is 157 g/mol. The van der Waals surface area contributed by atoms with Crippen molar-refractivity contribution in [3.8, 4) is 12.0 Å². The largest absolute Gasteiger partial charge is 0.447 e. The van der Waals surface area contributed by atoms with Crippen molar-refractivity contribution in [3.63, 3.8) is 0 Å². The summed E-state index contributed by atoms with van der Waals surface area (Å²) in [7, 11) is -2.25. The normalized spacial score (nSPS) is 11.6. The summed E-state index contributed by atoms with van der Waals surface area (Å²) in [5.74, 6) is 0. The van der Waals surface area contributed by atoms with Crippen molar-refractivity contribution in [1.29, 1.82) is 0 Å². The molecule has 0 N–H and O–H groups in total. The van der Waals surface area contributed by atoms with E-state index in [1.807, 2.05) is 13.1 Å². The second-order valence-electron chi connectivity index (χ2n) is 2.66. The molecule has 0 aromatic heterocycles. The van der Waals surface area contributed by atoms with E-state index in [4.69, 9.17) is 10.5 Å². The van der Waals surface area contributed by atoms with E-state index in [1.165, 1.54) is 0 Å². The molecule has 0 aliphatic heterocycles. The minimum absolute atomic E-state index is 0.585. The van der Waals surface area contributed by atoms with Crippen LogP contribution in [0.2, 0.25) is 26.2 Å². The summed E-state index contributed by atoms with van der Waals surface area (Å²) in [5, 5.41) is 0. The highest BCUT2D eigenvalue weighted by Crippen LogP contribution is 2.03. The monoisotopic (exact) mass is 157 g/mol. The summed E-state index contributed by atoms with van der Waals surface area (Å²) in [6.07, 6.45) is 5.26. The molecule has 0 rings (SSSR count). The second-order valence-corrected chi connectivity index (χ2v) is 8.61. The van der Waals surface area contributed by atoms with Crippen LogP contribution in [0.3, 0.4) is 0 Å². The lowest BCUT2D eigenvalue weighted by atomic mass is 11.4. The molecule has 9 heavy (non-hydrogen) atoms. The van der Waals surface area contributed by atoms with Crippen molar-refractivity contribution in [2.45, 2.75) is 26.2 Å². The fourth-order valence-electron chi connectivity index (χ4n) is 0.540. The molecule has 0 unspecified atom stereocenters. The molecule has 0 fully saturated rings. The summed E-state index contributed by atoms with van der Waals surface area (Å²) in [6, 6.07) is 0. The number of terminal acetylenes is 1. The van der Waals surface area contributed by atoms with Crippen LogP contribution in [0.25, 0.3) is 0 Å². The van der Waals surface area contributed by atoms with Crippen LogP contribution >= 0.6 is 0 Å². The van der Waals surface area contributed by atoms with Gasteiger partial charge in [-0.05, 0) is 26.2 Å².